The molecule has 1 fully saturated rings. The van der Waals surface area contributed by atoms with E-state index in [0.717, 1.165) is 28.4 Å². The average Bonchev–Trinajstić information content (AvgIpc) is 3.07. The smallest absolute Gasteiger partial charge is 0.294 e. The molecule has 0 spiro atoms. The van der Waals surface area contributed by atoms with Crippen molar-refractivity contribution in [3.63, 3.8) is 0 Å². The molecule has 0 bridgehead atoms. The summed E-state index contributed by atoms with van der Waals surface area (Å²) in [5, 5.41) is 7.61. The third-order valence-electron chi connectivity index (χ3n) is 3.16. The fraction of sp³-hybridized carbons (Fsp3) is 0.333. The molecule has 1 saturated carbocycles. The van der Waals surface area contributed by atoms with Gasteiger partial charge in [0, 0.05) is 26.8 Å². The number of benzene rings is 1. The molecule has 0 N–H and O–H groups in total. The summed E-state index contributed by atoms with van der Waals surface area (Å²) in [7, 11) is 1.54. The van der Waals surface area contributed by atoms with E-state index in [-0.39, 0.29) is 11.2 Å². The molecule has 1 aromatic heterocycles. The van der Waals surface area contributed by atoms with Crippen molar-refractivity contribution >= 4 is 35.7 Å². The highest BCUT2D eigenvalue weighted by atomic mass is 79.9. The van der Waals surface area contributed by atoms with E-state index < -0.39 is 9.05 Å². The van der Waals surface area contributed by atoms with E-state index in [4.69, 9.17) is 10.7 Å². The zero-order chi connectivity index (χ0) is 14.5. The van der Waals surface area contributed by atoms with Gasteiger partial charge in [0.05, 0.1) is 0 Å². The van der Waals surface area contributed by atoms with Gasteiger partial charge < -0.3 is 0 Å². The molecule has 8 heteroatoms. The summed E-state index contributed by atoms with van der Waals surface area (Å²) in [6, 6.07) is 5.90. The first-order valence-electron chi connectivity index (χ1n) is 6.04. The van der Waals surface area contributed by atoms with Gasteiger partial charge in [0.1, 0.15) is 0 Å². The van der Waals surface area contributed by atoms with Gasteiger partial charge in [-0.15, -0.1) is 10.2 Å². The number of aromatic nitrogens is 3. The van der Waals surface area contributed by atoms with Crippen LogP contribution in [0.3, 0.4) is 0 Å². The van der Waals surface area contributed by atoms with E-state index in [1.54, 1.807) is 4.57 Å². The summed E-state index contributed by atoms with van der Waals surface area (Å²) in [5.41, 5.74) is 1.91. The molecule has 0 atom stereocenters. The zero-order valence-corrected chi connectivity index (χ0v) is 13.7. The summed E-state index contributed by atoms with van der Waals surface area (Å²) in [5.74, 6) is 0.526. The minimum atomic E-state index is -3.90. The van der Waals surface area contributed by atoms with Crippen LogP contribution in [-0.2, 0) is 9.05 Å². The first kappa shape index (κ1) is 14.0. The highest BCUT2D eigenvalue weighted by Gasteiger charge is 2.34. The number of aryl methyl sites for hydroxylation is 1. The van der Waals surface area contributed by atoms with Crippen molar-refractivity contribution < 1.29 is 8.42 Å². The lowest BCUT2D eigenvalue weighted by Crippen LogP contribution is -2.06. The Labute approximate surface area is 129 Å². The number of hydrogen-bond acceptors (Lipinski definition) is 4. The second kappa shape index (κ2) is 4.82. The highest BCUT2D eigenvalue weighted by molar-refractivity contribution is 9.10. The van der Waals surface area contributed by atoms with Gasteiger partial charge in [-0.3, -0.25) is 4.57 Å². The molecular weight excluding hydrogens is 366 g/mol. The molecule has 1 aliphatic carbocycles. The van der Waals surface area contributed by atoms with Gasteiger partial charge in [-0.2, -0.15) is 0 Å². The molecular formula is C12H11BrClN3O2S. The van der Waals surface area contributed by atoms with Crippen molar-refractivity contribution in [2.75, 3.05) is 0 Å². The zero-order valence-electron chi connectivity index (χ0n) is 10.5. The summed E-state index contributed by atoms with van der Waals surface area (Å²) in [6.07, 6.45) is 1.82. The summed E-state index contributed by atoms with van der Waals surface area (Å²) < 4.78 is 25.7. The van der Waals surface area contributed by atoms with Gasteiger partial charge in [-0.1, -0.05) is 22.0 Å². The van der Waals surface area contributed by atoms with Gasteiger partial charge in [0.2, 0.25) is 0 Å². The van der Waals surface area contributed by atoms with Crippen molar-refractivity contribution in [1.82, 2.24) is 14.8 Å². The second-order valence-electron chi connectivity index (χ2n) is 4.83. The number of nitrogens with zero attached hydrogens (tertiary/aromatic N) is 3. The molecule has 0 aliphatic heterocycles. The van der Waals surface area contributed by atoms with Gasteiger partial charge >= 0.3 is 0 Å². The quantitative estimate of drug-likeness (QED) is 0.771. The molecule has 0 saturated heterocycles. The topological polar surface area (TPSA) is 64.8 Å². The average molecular weight is 377 g/mol. The lowest BCUT2D eigenvalue weighted by Gasteiger charge is -2.09. The SMILES string of the molecule is Cc1ccc(-c2nnc(S(=O)(=O)Cl)n2C2CC2)c(Br)c1. The fourth-order valence-electron chi connectivity index (χ4n) is 2.09. The van der Waals surface area contributed by atoms with Crippen molar-refractivity contribution in [3.8, 4) is 11.4 Å². The van der Waals surface area contributed by atoms with Crippen LogP contribution in [0.5, 0.6) is 0 Å². The Hall–Kier alpha value is -0.920. The Kier molecular flexibility index (Phi) is 3.38. The molecule has 20 heavy (non-hydrogen) atoms. The van der Waals surface area contributed by atoms with Crippen molar-refractivity contribution in [3.05, 3.63) is 28.2 Å². The normalized spacial score (nSPS) is 15.6. The van der Waals surface area contributed by atoms with Crippen LogP contribution in [0.1, 0.15) is 24.4 Å². The monoisotopic (exact) mass is 375 g/mol. The predicted octanol–water partition coefficient (Wildman–Crippen LogP) is 3.28. The van der Waals surface area contributed by atoms with E-state index in [1.165, 1.54) is 0 Å². The Morgan fingerprint density at radius 3 is 2.60 bits per heavy atom. The number of hydrogen-bond donors (Lipinski definition) is 0. The Bertz CT molecular complexity index is 784. The van der Waals surface area contributed by atoms with Crippen molar-refractivity contribution in [1.29, 1.82) is 0 Å². The van der Waals surface area contributed by atoms with Crippen LogP contribution < -0.4 is 0 Å². The maximum atomic E-state index is 11.6. The fourth-order valence-corrected chi connectivity index (χ4v) is 3.69. The van der Waals surface area contributed by atoms with Gasteiger partial charge in [0.25, 0.3) is 14.2 Å². The molecule has 1 heterocycles. The van der Waals surface area contributed by atoms with Crippen LogP contribution in [0, 0.1) is 6.92 Å². The first-order valence-corrected chi connectivity index (χ1v) is 9.14. The number of rotatable bonds is 3. The van der Waals surface area contributed by atoms with Gasteiger partial charge in [-0.25, -0.2) is 8.42 Å². The molecule has 1 aliphatic rings. The third kappa shape index (κ3) is 2.49. The summed E-state index contributed by atoms with van der Waals surface area (Å²) >= 11 is 3.48. The third-order valence-corrected chi connectivity index (χ3v) is 4.94. The van der Waals surface area contributed by atoms with Crippen molar-refractivity contribution in [2.45, 2.75) is 31.0 Å². The summed E-state index contributed by atoms with van der Waals surface area (Å²) in [4.78, 5) is 0. The standard InChI is InChI=1S/C12H11BrClN3O2S/c1-7-2-5-9(10(13)6-7)11-15-16-12(20(14,18)19)17(11)8-3-4-8/h2,5-6,8H,3-4H2,1H3. The van der Waals surface area contributed by atoms with Crippen LogP contribution in [0.25, 0.3) is 11.4 Å². The van der Waals surface area contributed by atoms with Crippen molar-refractivity contribution in [2.24, 2.45) is 0 Å². The summed E-state index contributed by atoms with van der Waals surface area (Å²) in [6.45, 7) is 1.98. The van der Waals surface area contributed by atoms with Gasteiger partial charge in [-0.05, 0) is 37.5 Å². The maximum Gasteiger partial charge on any atom is 0.296 e. The largest absolute Gasteiger partial charge is 0.296 e. The highest BCUT2D eigenvalue weighted by Crippen LogP contribution is 2.41. The van der Waals surface area contributed by atoms with Crippen LogP contribution in [0.2, 0.25) is 0 Å². The van der Waals surface area contributed by atoms with Gasteiger partial charge in [0.15, 0.2) is 5.82 Å². The minimum absolute atomic E-state index is 0.108. The molecule has 106 valence electrons. The Morgan fingerprint density at radius 1 is 1.35 bits per heavy atom. The minimum Gasteiger partial charge on any atom is -0.294 e. The van der Waals surface area contributed by atoms with E-state index in [2.05, 4.69) is 26.1 Å². The van der Waals surface area contributed by atoms with Crippen LogP contribution in [0.4, 0.5) is 0 Å². The molecule has 0 amide bonds. The maximum absolute atomic E-state index is 11.6. The van der Waals surface area contributed by atoms with Crippen LogP contribution in [-0.4, -0.2) is 23.2 Å². The van der Waals surface area contributed by atoms with E-state index in [1.807, 2.05) is 25.1 Å². The van der Waals surface area contributed by atoms with Crippen LogP contribution in [0.15, 0.2) is 27.8 Å². The predicted molar refractivity (Wildman–Crippen MR) is 79.2 cm³/mol. The molecule has 1 aromatic carbocycles. The van der Waals surface area contributed by atoms with E-state index in [0.29, 0.717) is 5.82 Å². The molecule has 0 unspecified atom stereocenters. The lowest BCUT2D eigenvalue weighted by atomic mass is 10.1. The number of halogens is 2. The lowest BCUT2D eigenvalue weighted by molar-refractivity contribution is 0.579. The van der Waals surface area contributed by atoms with E-state index >= 15 is 0 Å². The molecule has 3 rings (SSSR count). The molecule has 0 radical (unpaired) electrons. The first-order chi connectivity index (χ1) is 9.38. The Balaban J connectivity index is 2.22. The second-order valence-corrected chi connectivity index (χ2v) is 8.14. The molecule has 5 nitrogen and oxygen atoms in total. The van der Waals surface area contributed by atoms with Crippen LogP contribution >= 0.6 is 26.6 Å². The Morgan fingerprint density at radius 2 is 2.05 bits per heavy atom. The van der Waals surface area contributed by atoms with E-state index in [9.17, 15) is 8.42 Å². The molecule has 2 aromatic rings.